The smallest absolute Gasteiger partial charge is 0.490 e. The Bertz CT molecular complexity index is 586. The van der Waals surface area contributed by atoms with E-state index in [0.717, 1.165) is 17.5 Å². The quantitative estimate of drug-likeness (QED) is 0.703. The molecule has 0 aliphatic rings. The normalized spacial score (nSPS) is 11.1. The van der Waals surface area contributed by atoms with Crippen LogP contribution >= 0.6 is 0 Å². The molecule has 1 aromatic heterocycles. The molecular weight excluding hydrogens is 295 g/mol. The van der Waals surface area contributed by atoms with Gasteiger partial charge in [-0.2, -0.15) is 5.10 Å². The van der Waals surface area contributed by atoms with Gasteiger partial charge in [0.1, 0.15) is 6.61 Å². The maximum Gasteiger partial charge on any atom is 1.00 e. The molecule has 0 saturated heterocycles. The topological polar surface area (TPSA) is 27.1 Å². The van der Waals surface area contributed by atoms with Crippen molar-refractivity contribution in [1.82, 2.24) is 9.78 Å². The SMILES string of the molecule is Cc1cc(COc2ccccc2[B-](F)(F)F)n(C)n1.[K+]. The molecule has 1 aromatic carbocycles. The largest absolute Gasteiger partial charge is 1.00 e. The third-order valence-corrected chi connectivity index (χ3v) is 2.75. The molecule has 2 rings (SSSR count). The van der Waals surface area contributed by atoms with E-state index >= 15 is 0 Å². The van der Waals surface area contributed by atoms with Gasteiger partial charge in [-0.05, 0) is 19.1 Å². The molecule has 8 heteroatoms. The fourth-order valence-electron chi connectivity index (χ4n) is 1.83. The van der Waals surface area contributed by atoms with Crippen LogP contribution in [0.1, 0.15) is 11.4 Å². The molecule has 0 aliphatic heterocycles. The van der Waals surface area contributed by atoms with E-state index in [2.05, 4.69) is 5.10 Å². The first-order chi connectivity index (χ1) is 8.88. The number of hydrogen-bond donors (Lipinski definition) is 0. The van der Waals surface area contributed by atoms with Crippen molar-refractivity contribution in [2.45, 2.75) is 13.5 Å². The van der Waals surface area contributed by atoms with Crippen LogP contribution in [0.3, 0.4) is 0 Å². The minimum Gasteiger partial charge on any atom is -0.490 e. The fourth-order valence-corrected chi connectivity index (χ4v) is 1.83. The molecule has 0 unspecified atom stereocenters. The van der Waals surface area contributed by atoms with Gasteiger partial charge in [0.15, 0.2) is 0 Å². The molecule has 0 spiro atoms. The summed E-state index contributed by atoms with van der Waals surface area (Å²) < 4.78 is 45.3. The Morgan fingerprint density at radius 2 is 1.90 bits per heavy atom. The van der Waals surface area contributed by atoms with Gasteiger partial charge in [-0.3, -0.25) is 4.68 Å². The Labute approximate surface area is 158 Å². The maximum atomic E-state index is 12.8. The first-order valence-corrected chi connectivity index (χ1v) is 5.79. The number of benzene rings is 1. The van der Waals surface area contributed by atoms with E-state index in [1.807, 2.05) is 6.92 Å². The number of ether oxygens (including phenoxy) is 1. The average Bonchev–Trinajstić information content (AvgIpc) is 2.64. The van der Waals surface area contributed by atoms with Crippen LogP contribution in [0.5, 0.6) is 5.75 Å². The zero-order chi connectivity index (χ0) is 14.0. The van der Waals surface area contributed by atoms with Gasteiger partial charge < -0.3 is 17.7 Å². The van der Waals surface area contributed by atoms with E-state index in [1.165, 1.54) is 18.2 Å². The van der Waals surface area contributed by atoms with Crippen LogP contribution in [0.4, 0.5) is 12.9 Å². The molecule has 0 saturated carbocycles. The Kier molecular flexibility index (Phi) is 6.33. The van der Waals surface area contributed by atoms with Crippen LogP contribution in [0.2, 0.25) is 0 Å². The van der Waals surface area contributed by atoms with Gasteiger partial charge in [0.05, 0.1) is 17.1 Å². The molecule has 0 atom stereocenters. The van der Waals surface area contributed by atoms with Crippen molar-refractivity contribution in [3.63, 3.8) is 0 Å². The van der Waals surface area contributed by atoms with Crippen molar-refractivity contribution < 1.29 is 69.1 Å². The van der Waals surface area contributed by atoms with Gasteiger partial charge >= 0.3 is 58.4 Å². The zero-order valence-corrected chi connectivity index (χ0v) is 14.7. The van der Waals surface area contributed by atoms with Gasteiger partial charge in [-0.1, -0.05) is 23.7 Å². The molecular formula is C12H13BF3KN2O. The molecule has 0 radical (unpaired) electrons. The van der Waals surface area contributed by atoms with Gasteiger partial charge in [-0.25, -0.2) is 0 Å². The van der Waals surface area contributed by atoms with Crippen LogP contribution in [0.15, 0.2) is 30.3 Å². The van der Waals surface area contributed by atoms with Crippen LogP contribution in [0.25, 0.3) is 0 Å². The number of nitrogens with zero attached hydrogens (tertiary/aromatic N) is 2. The minimum atomic E-state index is -5.07. The predicted molar refractivity (Wildman–Crippen MR) is 67.4 cm³/mol. The molecule has 0 aliphatic carbocycles. The number of rotatable bonds is 4. The van der Waals surface area contributed by atoms with E-state index < -0.39 is 12.4 Å². The summed E-state index contributed by atoms with van der Waals surface area (Å²) in [6, 6.07) is 7.01. The second-order valence-electron chi connectivity index (χ2n) is 4.30. The third-order valence-electron chi connectivity index (χ3n) is 2.75. The van der Waals surface area contributed by atoms with Gasteiger partial charge in [0, 0.05) is 7.05 Å². The summed E-state index contributed by atoms with van der Waals surface area (Å²) in [6.45, 7) is -3.20. The van der Waals surface area contributed by atoms with Crippen molar-refractivity contribution in [3.8, 4) is 5.75 Å². The predicted octanol–water partition coefficient (Wildman–Crippen LogP) is -0.634. The molecule has 0 fully saturated rings. The van der Waals surface area contributed by atoms with Crippen molar-refractivity contribution >= 4 is 12.4 Å². The number of hydrogen-bond acceptors (Lipinski definition) is 2. The molecule has 3 nitrogen and oxygen atoms in total. The molecule has 0 N–H and O–H groups in total. The molecule has 0 bridgehead atoms. The van der Waals surface area contributed by atoms with Crippen LogP contribution < -0.4 is 61.6 Å². The second kappa shape index (κ2) is 7.13. The van der Waals surface area contributed by atoms with Crippen molar-refractivity contribution in [1.29, 1.82) is 0 Å². The van der Waals surface area contributed by atoms with Crippen molar-refractivity contribution in [3.05, 3.63) is 41.7 Å². The summed E-state index contributed by atoms with van der Waals surface area (Å²) in [7, 11) is 1.73. The first-order valence-electron chi connectivity index (χ1n) is 5.79. The van der Waals surface area contributed by atoms with Gasteiger partial charge in [0.2, 0.25) is 0 Å². The van der Waals surface area contributed by atoms with Crippen molar-refractivity contribution in [2.75, 3.05) is 0 Å². The fraction of sp³-hybridized carbons (Fsp3) is 0.250. The summed E-state index contributed by atoms with van der Waals surface area (Å²) in [6.07, 6.45) is 0. The van der Waals surface area contributed by atoms with Crippen molar-refractivity contribution in [2.24, 2.45) is 7.05 Å². The molecule has 0 amide bonds. The second-order valence-corrected chi connectivity index (χ2v) is 4.30. The van der Waals surface area contributed by atoms with E-state index in [1.54, 1.807) is 17.8 Å². The van der Waals surface area contributed by atoms with E-state index in [0.29, 0.717) is 0 Å². The van der Waals surface area contributed by atoms with Gasteiger partial charge in [0.25, 0.3) is 0 Å². The number of halogens is 3. The number of aryl methyl sites for hydroxylation is 2. The Morgan fingerprint density at radius 1 is 1.25 bits per heavy atom. The molecule has 20 heavy (non-hydrogen) atoms. The summed E-state index contributed by atoms with van der Waals surface area (Å²) in [4.78, 5) is 0. The van der Waals surface area contributed by atoms with Crippen LogP contribution in [0, 0.1) is 6.92 Å². The third kappa shape index (κ3) is 4.36. The molecule has 102 valence electrons. The van der Waals surface area contributed by atoms with Gasteiger partial charge in [-0.15, -0.1) is 0 Å². The average molecular weight is 308 g/mol. The van der Waals surface area contributed by atoms with E-state index in [9.17, 15) is 12.9 Å². The summed E-state index contributed by atoms with van der Waals surface area (Å²) in [5.74, 6) is -0.145. The Hall–Kier alpha value is -0.279. The maximum absolute atomic E-state index is 12.8. The van der Waals surface area contributed by atoms with E-state index in [-0.39, 0.29) is 63.7 Å². The zero-order valence-electron chi connectivity index (χ0n) is 11.6. The van der Waals surface area contributed by atoms with Crippen LogP contribution in [-0.2, 0) is 13.7 Å². The number of para-hydroxylation sites is 1. The molecule has 1 heterocycles. The standard InChI is InChI=1S/C12H13BF3N2O.K/c1-9-7-10(18(2)17-9)8-19-12-6-4-3-5-11(12)13(14,15)16;/h3-7H,8H2,1-2H3;/q-1;+1. The van der Waals surface area contributed by atoms with E-state index in [4.69, 9.17) is 4.74 Å². The minimum absolute atomic E-state index is 0. The monoisotopic (exact) mass is 308 g/mol. The van der Waals surface area contributed by atoms with Crippen LogP contribution in [-0.4, -0.2) is 16.8 Å². The summed E-state index contributed by atoms with van der Waals surface area (Å²) in [5.41, 5.74) is 0.817. The summed E-state index contributed by atoms with van der Waals surface area (Å²) >= 11 is 0. The first kappa shape index (κ1) is 17.8. The summed E-state index contributed by atoms with van der Waals surface area (Å²) in [5, 5.41) is 4.11. The molecule has 2 aromatic rings. The Morgan fingerprint density at radius 3 is 2.45 bits per heavy atom. The Balaban J connectivity index is 0.00000200. The number of aromatic nitrogens is 2.